The summed E-state index contributed by atoms with van der Waals surface area (Å²) in [7, 11) is 1.65. The van der Waals surface area contributed by atoms with Crippen LogP contribution in [0.4, 0.5) is 5.69 Å². The Balaban J connectivity index is 1.68. The minimum absolute atomic E-state index is 0.00889. The van der Waals surface area contributed by atoms with Gasteiger partial charge < -0.3 is 15.0 Å². The minimum Gasteiger partial charge on any atom is -0.497 e. The number of nitrogens with one attached hydrogen (secondary N) is 1. The first kappa shape index (κ1) is 18.0. The lowest BCUT2D eigenvalue weighted by Crippen LogP contribution is -2.32. The van der Waals surface area contributed by atoms with Crippen molar-refractivity contribution in [1.29, 1.82) is 0 Å². The smallest absolute Gasteiger partial charge is 0.258 e. The highest BCUT2D eigenvalue weighted by Crippen LogP contribution is 2.35. The molecule has 1 N–H and O–H groups in total. The third kappa shape index (κ3) is 3.31. The predicted octanol–water partition coefficient (Wildman–Crippen LogP) is 4.42. The Morgan fingerprint density at radius 3 is 2.61 bits per heavy atom. The number of fused-ring (bicyclic) bond motifs is 1. The van der Waals surface area contributed by atoms with E-state index in [1.807, 2.05) is 53.4 Å². The molecular weight excluding hydrogens is 350 g/mol. The van der Waals surface area contributed by atoms with Crippen molar-refractivity contribution in [3.63, 3.8) is 0 Å². The Labute approximate surface area is 165 Å². The number of ether oxygens (including phenoxy) is 1. The summed E-state index contributed by atoms with van der Waals surface area (Å²) in [4.78, 5) is 19.5. The Morgan fingerprint density at radius 2 is 1.86 bits per heavy atom. The molecule has 28 heavy (non-hydrogen) atoms. The Hall–Kier alpha value is -3.34. The Kier molecular flexibility index (Phi) is 4.98. The zero-order valence-corrected chi connectivity index (χ0v) is 16.1. The van der Waals surface area contributed by atoms with Crippen LogP contribution in [0, 0.1) is 0 Å². The summed E-state index contributed by atoms with van der Waals surface area (Å²) in [6.07, 6.45) is 2.35. The molecule has 0 saturated heterocycles. The summed E-state index contributed by atoms with van der Waals surface area (Å²) in [6, 6.07) is 19.6. The van der Waals surface area contributed by atoms with Crippen molar-refractivity contribution in [3.05, 3.63) is 89.2 Å². The second-order valence-corrected chi connectivity index (χ2v) is 6.77. The number of amides is 1. The third-order valence-corrected chi connectivity index (χ3v) is 5.10. The van der Waals surface area contributed by atoms with E-state index in [9.17, 15) is 4.79 Å². The summed E-state index contributed by atoms with van der Waals surface area (Å²) in [5, 5.41) is 3.56. The molecule has 1 aromatic heterocycles. The van der Waals surface area contributed by atoms with Crippen molar-refractivity contribution in [2.75, 3.05) is 12.4 Å². The van der Waals surface area contributed by atoms with Gasteiger partial charge in [-0.3, -0.25) is 9.78 Å². The van der Waals surface area contributed by atoms with Gasteiger partial charge in [-0.2, -0.15) is 0 Å². The van der Waals surface area contributed by atoms with Gasteiger partial charge in [0.15, 0.2) is 0 Å². The summed E-state index contributed by atoms with van der Waals surface area (Å²) in [6.45, 7) is 2.62. The third-order valence-electron chi connectivity index (χ3n) is 5.10. The highest BCUT2D eigenvalue weighted by atomic mass is 16.5. The molecule has 4 rings (SSSR count). The Bertz CT molecular complexity index is 985. The molecule has 5 nitrogen and oxygen atoms in total. The maximum absolute atomic E-state index is 13.1. The van der Waals surface area contributed by atoms with E-state index >= 15 is 0 Å². The van der Waals surface area contributed by atoms with E-state index < -0.39 is 0 Å². The van der Waals surface area contributed by atoms with Crippen molar-refractivity contribution in [2.24, 2.45) is 0 Å². The average Bonchev–Trinajstić information content (AvgIpc) is 3.01. The number of hydrogen-bond donors (Lipinski definition) is 1. The van der Waals surface area contributed by atoms with E-state index in [2.05, 4.69) is 29.4 Å². The zero-order chi connectivity index (χ0) is 19.5. The van der Waals surface area contributed by atoms with Crippen LogP contribution in [0.25, 0.3) is 0 Å². The number of hydrogen-bond acceptors (Lipinski definition) is 4. The van der Waals surface area contributed by atoms with Crippen molar-refractivity contribution in [3.8, 4) is 5.75 Å². The number of pyridine rings is 1. The van der Waals surface area contributed by atoms with Gasteiger partial charge in [0, 0.05) is 18.4 Å². The highest BCUT2D eigenvalue weighted by Gasteiger charge is 2.38. The standard InChI is InChI=1S/C23H23N3O2/c1-3-17-7-4-5-9-20(17)25-22-21-19(8-6-14-24-21)23(27)26(22)15-16-10-12-18(28-2)13-11-16/h4-14,22,25H,3,15H2,1-2H3. The van der Waals surface area contributed by atoms with Crippen LogP contribution in [0.3, 0.4) is 0 Å². The van der Waals surface area contributed by atoms with Gasteiger partial charge in [0.05, 0.1) is 18.4 Å². The number of methoxy groups -OCH3 is 1. The van der Waals surface area contributed by atoms with E-state index in [1.54, 1.807) is 13.3 Å². The van der Waals surface area contributed by atoms with E-state index in [0.29, 0.717) is 12.1 Å². The SMILES string of the molecule is CCc1ccccc1NC1c2ncccc2C(=O)N1Cc1ccc(OC)cc1. The fourth-order valence-corrected chi connectivity index (χ4v) is 3.59. The van der Waals surface area contributed by atoms with Crippen molar-refractivity contribution < 1.29 is 9.53 Å². The molecule has 0 radical (unpaired) electrons. The minimum atomic E-state index is -0.307. The molecule has 3 aromatic rings. The monoisotopic (exact) mass is 373 g/mol. The number of carbonyl (C=O) groups is 1. The molecule has 142 valence electrons. The van der Waals surface area contributed by atoms with Crippen LogP contribution in [0.1, 0.15) is 40.3 Å². The molecule has 1 aliphatic rings. The van der Waals surface area contributed by atoms with Gasteiger partial charge in [0.25, 0.3) is 5.91 Å². The number of carbonyl (C=O) groups excluding carboxylic acids is 1. The molecule has 0 spiro atoms. The molecule has 0 fully saturated rings. The second kappa shape index (κ2) is 7.72. The van der Waals surface area contributed by atoms with Crippen LogP contribution in [0.5, 0.6) is 5.75 Å². The lowest BCUT2D eigenvalue weighted by atomic mass is 10.1. The van der Waals surface area contributed by atoms with Gasteiger partial charge in [-0.05, 0) is 47.9 Å². The molecule has 0 bridgehead atoms. The molecule has 1 atom stereocenters. The van der Waals surface area contributed by atoms with E-state index in [4.69, 9.17) is 4.74 Å². The fourth-order valence-electron chi connectivity index (χ4n) is 3.59. The summed E-state index contributed by atoms with van der Waals surface area (Å²) >= 11 is 0. The van der Waals surface area contributed by atoms with E-state index in [-0.39, 0.29) is 12.1 Å². The van der Waals surface area contributed by atoms with Gasteiger partial charge in [-0.1, -0.05) is 37.3 Å². The Morgan fingerprint density at radius 1 is 1.07 bits per heavy atom. The van der Waals surface area contributed by atoms with Crippen molar-refractivity contribution in [1.82, 2.24) is 9.88 Å². The lowest BCUT2D eigenvalue weighted by molar-refractivity contribution is 0.0727. The zero-order valence-electron chi connectivity index (χ0n) is 16.1. The maximum Gasteiger partial charge on any atom is 0.258 e. The van der Waals surface area contributed by atoms with Crippen LogP contribution < -0.4 is 10.1 Å². The van der Waals surface area contributed by atoms with Gasteiger partial charge in [-0.25, -0.2) is 0 Å². The highest BCUT2D eigenvalue weighted by molar-refractivity contribution is 5.98. The number of nitrogens with zero attached hydrogens (tertiary/aromatic N) is 2. The average molecular weight is 373 g/mol. The molecule has 5 heteroatoms. The normalized spacial score (nSPS) is 15.4. The number of para-hydroxylation sites is 1. The number of benzene rings is 2. The largest absolute Gasteiger partial charge is 0.497 e. The first-order chi connectivity index (χ1) is 13.7. The molecule has 1 aliphatic heterocycles. The predicted molar refractivity (Wildman–Crippen MR) is 109 cm³/mol. The first-order valence-electron chi connectivity index (χ1n) is 9.44. The molecule has 2 heterocycles. The van der Waals surface area contributed by atoms with Crippen molar-refractivity contribution in [2.45, 2.75) is 26.1 Å². The molecule has 0 saturated carbocycles. The van der Waals surface area contributed by atoms with Crippen LogP contribution in [0.15, 0.2) is 66.9 Å². The van der Waals surface area contributed by atoms with E-state index in [1.165, 1.54) is 5.56 Å². The van der Waals surface area contributed by atoms with Crippen LogP contribution in [-0.4, -0.2) is 22.9 Å². The summed E-state index contributed by atoms with van der Waals surface area (Å²) < 4.78 is 5.23. The maximum atomic E-state index is 13.1. The molecule has 1 amide bonds. The summed E-state index contributed by atoms with van der Waals surface area (Å²) in [5.41, 5.74) is 4.71. The topological polar surface area (TPSA) is 54.5 Å². The van der Waals surface area contributed by atoms with Crippen LogP contribution in [-0.2, 0) is 13.0 Å². The molecule has 1 unspecified atom stereocenters. The van der Waals surface area contributed by atoms with E-state index in [0.717, 1.165) is 29.1 Å². The van der Waals surface area contributed by atoms with Gasteiger partial charge in [0.1, 0.15) is 11.9 Å². The number of anilines is 1. The number of aromatic nitrogens is 1. The lowest BCUT2D eigenvalue weighted by Gasteiger charge is -2.27. The van der Waals surface area contributed by atoms with Crippen molar-refractivity contribution >= 4 is 11.6 Å². The van der Waals surface area contributed by atoms with Gasteiger partial charge >= 0.3 is 0 Å². The van der Waals surface area contributed by atoms with Gasteiger partial charge in [0.2, 0.25) is 0 Å². The number of aryl methyl sites for hydroxylation is 1. The van der Waals surface area contributed by atoms with Crippen LogP contribution >= 0.6 is 0 Å². The first-order valence-corrected chi connectivity index (χ1v) is 9.44. The molecule has 2 aromatic carbocycles. The molecular formula is C23H23N3O2. The molecule has 0 aliphatic carbocycles. The summed E-state index contributed by atoms with van der Waals surface area (Å²) in [5.74, 6) is 0.790. The quantitative estimate of drug-likeness (QED) is 0.695. The second-order valence-electron chi connectivity index (χ2n) is 6.77. The fraction of sp³-hybridized carbons (Fsp3) is 0.217. The van der Waals surface area contributed by atoms with Gasteiger partial charge in [-0.15, -0.1) is 0 Å². The van der Waals surface area contributed by atoms with Crippen LogP contribution in [0.2, 0.25) is 0 Å². The number of rotatable bonds is 6.